The van der Waals surface area contributed by atoms with Crippen LogP contribution >= 0.6 is 35.4 Å². The molecule has 0 radical (unpaired) electrons. The third-order valence-corrected chi connectivity index (χ3v) is 5.19. The molecule has 0 fully saturated rings. The highest BCUT2D eigenvalue weighted by Crippen LogP contribution is 2.32. The first-order valence-corrected chi connectivity index (χ1v) is 10.4. The van der Waals surface area contributed by atoms with Gasteiger partial charge in [0.15, 0.2) is 22.3 Å². The molecule has 0 saturated carbocycles. The summed E-state index contributed by atoms with van der Waals surface area (Å²) in [4.78, 5) is 16.5. The average Bonchev–Trinajstić information content (AvgIpc) is 3.15. The van der Waals surface area contributed by atoms with Crippen LogP contribution in [0, 0.1) is 11.6 Å². The molecule has 10 heteroatoms. The predicted molar refractivity (Wildman–Crippen MR) is 124 cm³/mol. The summed E-state index contributed by atoms with van der Waals surface area (Å²) in [6.07, 6.45) is 0.139. The maximum absolute atomic E-state index is 13.6. The zero-order chi connectivity index (χ0) is 22.8. The van der Waals surface area contributed by atoms with E-state index < -0.39 is 11.6 Å². The number of rotatable bonds is 4. The van der Waals surface area contributed by atoms with Gasteiger partial charge in [0.1, 0.15) is 5.52 Å². The van der Waals surface area contributed by atoms with Crippen LogP contribution in [0.5, 0.6) is 0 Å². The van der Waals surface area contributed by atoms with E-state index in [2.05, 4.69) is 15.6 Å². The Labute approximate surface area is 196 Å². The lowest BCUT2D eigenvalue weighted by Crippen LogP contribution is -2.35. The number of fused-ring (bicyclic) bond motifs is 1. The van der Waals surface area contributed by atoms with Crippen molar-refractivity contribution >= 4 is 63.2 Å². The summed E-state index contributed by atoms with van der Waals surface area (Å²) in [7, 11) is 0. The molecule has 3 aromatic carbocycles. The summed E-state index contributed by atoms with van der Waals surface area (Å²) in [5.74, 6) is -2.37. The van der Waals surface area contributed by atoms with Crippen molar-refractivity contribution in [1.82, 2.24) is 10.3 Å². The second kappa shape index (κ2) is 9.20. The zero-order valence-electron chi connectivity index (χ0n) is 16.1. The quantitative estimate of drug-likeness (QED) is 0.265. The van der Waals surface area contributed by atoms with Crippen LogP contribution in [-0.2, 0) is 11.2 Å². The van der Waals surface area contributed by atoms with Gasteiger partial charge in [0.25, 0.3) is 0 Å². The maximum Gasteiger partial charge on any atom is 0.230 e. The van der Waals surface area contributed by atoms with E-state index in [4.69, 9.17) is 39.8 Å². The Balaban J connectivity index is 1.46. The van der Waals surface area contributed by atoms with Crippen LogP contribution in [0.3, 0.4) is 0 Å². The minimum absolute atomic E-state index is 0.0293. The van der Waals surface area contributed by atoms with Gasteiger partial charge in [0, 0.05) is 10.7 Å². The van der Waals surface area contributed by atoms with Crippen molar-refractivity contribution in [2.45, 2.75) is 6.42 Å². The van der Waals surface area contributed by atoms with Crippen LogP contribution in [0.4, 0.5) is 14.5 Å². The normalized spacial score (nSPS) is 10.9. The van der Waals surface area contributed by atoms with Crippen molar-refractivity contribution in [3.8, 4) is 11.5 Å². The molecule has 5 nitrogen and oxygen atoms in total. The number of amides is 1. The molecule has 0 saturated heterocycles. The van der Waals surface area contributed by atoms with Crippen molar-refractivity contribution in [2.24, 2.45) is 0 Å². The SMILES string of the molecule is O=C(Cc1ccc(Cl)cc1)NC(=S)Nc1ccc2oc(-c3cc(F)c(F)cc3Cl)nc2c1. The summed E-state index contributed by atoms with van der Waals surface area (Å²) in [5.41, 5.74) is 2.30. The molecule has 32 heavy (non-hydrogen) atoms. The third-order valence-electron chi connectivity index (χ3n) is 4.42. The second-order valence-electron chi connectivity index (χ2n) is 6.75. The number of thiocarbonyl (C=S) groups is 1. The number of nitrogens with zero attached hydrogens (tertiary/aromatic N) is 1. The first kappa shape index (κ1) is 22.1. The lowest BCUT2D eigenvalue weighted by Gasteiger charge is -2.09. The molecule has 0 bridgehead atoms. The molecule has 0 atom stereocenters. The molecule has 1 aromatic heterocycles. The van der Waals surface area contributed by atoms with Gasteiger partial charge in [-0.3, -0.25) is 4.79 Å². The van der Waals surface area contributed by atoms with Gasteiger partial charge in [-0.25, -0.2) is 13.8 Å². The van der Waals surface area contributed by atoms with Crippen molar-refractivity contribution < 1.29 is 18.0 Å². The van der Waals surface area contributed by atoms with Gasteiger partial charge >= 0.3 is 0 Å². The van der Waals surface area contributed by atoms with Crippen LogP contribution in [0.1, 0.15) is 5.56 Å². The number of aromatic nitrogens is 1. The van der Waals surface area contributed by atoms with E-state index >= 15 is 0 Å². The fraction of sp³-hybridized carbons (Fsp3) is 0.0455. The molecule has 0 unspecified atom stereocenters. The molecular formula is C22H13Cl2F2N3O2S. The number of nitrogens with one attached hydrogen (secondary N) is 2. The smallest absolute Gasteiger partial charge is 0.230 e. The van der Waals surface area contributed by atoms with Crippen LogP contribution in [-0.4, -0.2) is 16.0 Å². The summed E-state index contributed by atoms with van der Waals surface area (Å²) >= 11 is 17.0. The molecule has 1 amide bonds. The Hall–Kier alpha value is -3.07. The number of carbonyl (C=O) groups is 1. The minimum atomic E-state index is -1.06. The molecule has 4 aromatic rings. The molecule has 1 heterocycles. The van der Waals surface area contributed by atoms with E-state index in [1.165, 1.54) is 0 Å². The van der Waals surface area contributed by atoms with Gasteiger partial charge in [-0.1, -0.05) is 35.3 Å². The van der Waals surface area contributed by atoms with Crippen molar-refractivity contribution in [1.29, 1.82) is 0 Å². The number of anilines is 1. The molecule has 0 spiro atoms. The van der Waals surface area contributed by atoms with E-state index in [0.29, 0.717) is 21.8 Å². The summed E-state index contributed by atoms with van der Waals surface area (Å²) in [6, 6.07) is 13.6. The van der Waals surface area contributed by atoms with Gasteiger partial charge < -0.3 is 15.1 Å². The van der Waals surface area contributed by atoms with E-state index in [-0.39, 0.29) is 33.9 Å². The van der Waals surface area contributed by atoms with Gasteiger partial charge in [0.2, 0.25) is 11.8 Å². The number of carbonyl (C=O) groups excluding carboxylic acids is 1. The first-order valence-electron chi connectivity index (χ1n) is 9.19. The molecular weight excluding hydrogens is 479 g/mol. The van der Waals surface area contributed by atoms with Crippen LogP contribution in [0.2, 0.25) is 10.0 Å². The number of benzene rings is 3. The van der Waals surface area contributed by atoms with E-state index in [9.17, 15) is 13.6 Å². The molecule has 0 aliphatic heterocycles. The van der Waals surface area contributed by atoms with Gasteiger partial charge in [-0.15, -0.1) is 0 Å². The first-order chi connectivity index (χ1) is 15.3. The molecule has 4 rings (SSSR count). The number of hydrogen-bond donors (Lipinski definition) is 2. The lowest BCUT2D eigenvalue weighted by atomic mass is 10.1. The Morgan fingerprint density at radius 1 is 1.03 bits per heavy atom. The molecule has 0 aliphatic rings. The average molecular weight is 492 g/mol. The van der Waals surface area contributed by atoms with Gasteiger partial charge in [-0.05, 0) is 60.2 Å². The number of hydrogen-bond acceptors (Lipinski definition) is 4. The third kappa shape index (κ3) is 5.04. The molecule has 162 valence electrons. The van der Waals surface area contributed by atoms with Crippen molar-refractivity contribution in [2.75, 3.05) is 5.32 Å². The van der Waals surface area contributed by atoms with Crippen molar-refractivity contribution in [3.63, 3.8) is 0 Å². The van der Waals surface area contributed by atoms with E-state index in [1.54, 1.807) is 42.5 Å². The summed E-state index contributed by atoms with van der Waals surface area (Å²) in [6.45, 7) is 0. The monoisotopic (exact) mass is 491 g/mol. The fourth-order valence-corrected chi connectivity index (χ4v) is 3.52. The van der Waals surface area contributed by atoms with E-state index in [1.807, 2.05) is 0 Å². The maximum atomic E-state index is 13.6. The minimum Gasteiger partial charge on any atom is -0.436 e. The van der Waals surface area contributed by atoms with Gasteiger partial charge in [0.05, 0.1) is 17.0 Å². The highest BCUT2D eigenvalue weighted by atomic mass is 35.5. The standard InChI is InChI=1S/C22H13Cl2F2N3O2S/c23-12-3-1-11(2-4-12)7-20(30)29-22(32)27-13-5-6-19-18(8-13)28-21(31-19)14-9-16(25)17(26)10-15(14)24/h1-6,8-10H,7H2,(H2,27,29,30,32). The highest BCUT2D eigenvalue weighted by Gasteiger charge is 2.16. The Morgan fingerprint density at radius 2 is 1.75 bits per heavy atom. The molecule has 0 aliphatic carbocycles. The second-order valence-corrected chi connectivity index (χ2v) is 8.01. The zero-order valence-corrected chi connectivity index (χ0v) is 18.4. The largest absolute Gasteiger partial charge is 0.436 e. The van der Waals surface area contributed by atoms with Crippen LogP contribution < -0.4 is 10.6 Å². The number of oxazole rings is 1. The van der Waals surface area contributed by atoms with Crippen LogP contribution in [0.15, 0.2) is 59.0 Å². The topological polar surface area (TPSA) is 67.2 Å². The Morgan fingerprint density at radius 3 is 2.50 bits per heavy atom. The van der Waals surface area contributed by atoms with Crippen LogP contribution in [0.25, 0.3) is 22.6 Å². The molecule has 2 N–H and O–H groups in total. The Kier molecular flexibility index (Phi) is 6.36. The number of halogens is 4. The Bertz CT molecular complexity index is 1340. The fourth-order valence-electron chi connectivity index (χ4n) is 2.93. The van der Waals surface area contributed by atoms with Crippen molar-refractivity contribution in [3.05, 3.63) is 81.8 Å². The summed E-state index contributed by atoms with van der Waals surface area (Å²) < 4.78 is 32.5. The van der Waals surface area contributed by atoms with Gasteiger partial charge in [-0.2, -0.15) is 0 Å². The predicted octanol–water partition coefficient (Wildman–Crippen LogP) is 6.14. The highest BCUT2D eigenvalue weighted by molar-refractivity contribution is 7.80. The van der Waals surface area contributed by atoms with E-state index in [0.717, 1.165) is 17.7 Å². The lowest BCUT2D eigenvalue weighted by molar-refractivity contribution is -0.119. The summed E-state index contributed by atoms with van der Waals surface area (Å²) in [5, 5.41) is 6.16.